The summed E-state index contributed by atoms with van der Waals surface area (Å²) in [5.41, 5.74) is 1.37. The Morgan fingerprint density at radius 1 is 1.18 bits per heavy atom. The van der Waals surface area contributed by atoms with E-state index in [1.165, 1.54) is 0 Å². The number of ether oxygens (including phenoxy) is 1. The lowest BCUT2D eigenvalue weighted by atomic mass is 9.76. The maximum atomic E-state index is 13.4. The average Bonchev–Trinajstić information content (AvgIpc) is 3.23. The van der Waals surface area contributed by atoms with Crippen molar-refractivity contribution >= 4 is 11.8 Å². The first-order valence-electron chi connectivity index (χ1n) is 12.4. The molecule has 0 radical (unpaired) electrons. The second-order valence-corrected chi connectivity index (χ2v) is 9.38. The van der Waals surface area contributed by atoms with Gasteiger partial charge in [0.1, 0.15) is 18.0 Å². The molecule has 4 unspecified atom stereocenters. The lowest BCUT2D eigenvalue weighted by molar-refractivity contribution is -0.141. The van der Waals surface area contributed by atoms with E-state index in [1.54, 1.807) is 6.08 Å². The minimum absolute atomic E-state index is 0.0353. The summed E-state index contributed by atoms with van der Waals surface area (Å²) in [7, 11) is 0. The molecule has 2 amide bonds. The Labute approximate surface area is 195 Å². The van der Waals surface area contributed by atoms with Gasteiger partial charge in [-0.3, -0.25) is 9.59 Å². The lowest BCUT2D eigenvalue weighted by Crippen LogP contribution is -2.58. The van der Waals surface area contributed by atoms with Crippen molar-refractivity contribution in [3.8, 4) is 5.75 Å². The van der Waals surface area contributed by atoms with E-state index in [4.69, 9.17) is 4.74 Å². The molecular weight excluding hydrogens is 420 g/mol. The molecule has 1 aromatic rings. The fourth-order valence-electron chi connectivity index (χ4n) is 5.59. The van der Waals surface area contributed by atoms with Crippen molar-refractivity contribution in [1.82, 2.24) is 10.2 Å². The average molecular weight is 457 g/mol. The number of carbonyl (C=O) groups excluding carboxylic acids is 2. The maximum absolute atomic E-state index is 13.4. The zero-order valence-electron chi connectivity index (χ0n) is 19.4. The second kappa shape index (κ2) is 10.7. The highest BCUT2D eigenvalue weighted by molar-refractivity contribution is 5.96. The number of aliphatic hydroxyl groups excluding tert-OH is 2. The molecule has 180 valence electrons. The Morgan fingerprint density at radius 3 is 2.67 bits per heavy atom. The second-order valence-electron chi connectivity index (χ2n) is 9.38. The summed E-state index contributed by atoms with van der Waals surface area (Å²) < 4.78 is 6.18. The van der Waals surface area contributed by atoms with Crippen LogP contribution in [0.3, 0.4) is 0 Å². The summed E-state index contributed by atoms with van der Waals surface area (Å²) in [5.74, 6) is -0.00587. The number of unbranched alkanes of at least 4 members (excludes halogenated alkanes) is 1. The fraction of sp³-hybridized carbons (Fsp3) is 0.615. The van der Waals surface area contributed by atoms with Gasteiger partial charge < -0.3 is 25.2 Å². The molecule has 1 fully saturated rings. The van der Waals surface area contributed by atoms with E-state index in [0.717, 1.165) is 50.5 Å². The number of nitrogens with zero attached hydrogens (tertiary/aromatic N) is 1. The van der Waals surface area contributed by atoms with Crippen LogP contribution < -0.4 is 10.1 Å². The molecule has 3 N–H and O–H groups in total. The van der Waals surface area contributed by atoms with Gasteiger partial charge in [0, 0.05) is 30.1 Å². The van der Waals surface area contributed by atoms with Crippen LogP contribution in [0.15, 0.2) is 35.9 Å². The summed E-state index contributed by atoms with van der Waals surface area (Å²) in [4.78, 5) is 28.5. The highest BCUT2D eigenvalue weighted by Crippen LogP contribution is 2.47. The Bertz CT molecular complexity index is 879. The molecule has 3 aliphatic rings. The van der Waals surface area contributed by atoms with Gasteiger partial charge >= 0.3 is 0 Å². The van der Waals surface area contributed by atoms with Gasteiger partial charge in [-0.1, -0.05) is 50.8 Å². The van der Waals surface area contributed by atoms with Gasteiger partial charge in [0.25, 0.3) is 0 Å². The predicted molar refractivity (Wildman–Crippen MR) is 125 cm³/mol. The van der Waals surface area contributed by atoms with Gasteiger partial charge in [-0.25, -0.2) is 0 Å². The maximum Gasteiger partial charge on any atom is 0.247 e. The van der Waals surface area contributed by atoms with Crippen LogP contribution in [0.5, 0.6) is 5.75 Å². The molecule has 4 rings (SSSR count). The Hall–Kier alpha value is -2.38. The monoisotopic (exact) mass is 456 g/mol. The van der Waals surface area contributed by atoms with Crippen LogP contribution in [-0.2, 0) is 9.59 Å². The van der Waals surface area contributed by atoms with Gasteiger partial charge in [-0.15, -0.1) is 0 Å². The molecule has 1 heterocycles. The first-order valence-corrected chi connectivity index (χ1v) is 12.4. The topological polar surface area (TPSA) is 99.1 Å². The lowest BCUT2D eigenvalue weighted by Gasteiger charge is -2.45. The standard InChI is InChI=1S/C26H36N2O5/c1-2-3-13-22(30)28(17-9-5-4-6-10-17)20-16-19(26(32)27-14-15-29)23-18-11-7-8-12-21(18)33-25(23)24(20)31/h7-8,11-12,16-17,20,23-25,29,31H,2-6,9-10,13-15H2,1H3,(H,27,32). The smallest absolute Gasteiger partial charge is 0.247 e. The molecule has 1 aliphatic heterocycles. The van der Waals surface area contributed by atoms with Gasteiger partial charge in [0.15, 0.2) is 0 Å². The van der Waals surface area contributed by atoms with Crippen molar-refractivity contribution in [2.24, 2.45) is 0 Å². The van der Waals surface area contributed by atoms with E-state index >= 15 is 0 Å². The van der Waals surface area contributed by atoms with Crippen LogP contribution in [0, 0.1) is 0 Å². The minimum atomic E-state index is -0.940. The fourth-order valence-corrected chi connectivity index (χ4v) is 5.59. The van der Waals surface area contributed by atoms with Crippen molar-refractivity contribution in [3.05, 3.63) is 41.5 Å². The van der Waals surface area contributed by atoms with Crippen LogP contribution >= 0.6 is 0 Å². The summed E-state index contributed by atoms with van der Waals surface area (Å²) in [6.45, 7) is 2.05. The molecule has 0 spiro atoms. The first-order chi connectivity index (χ1) is 16.1. The third kappa shape index (κ3) is 4.80. The Morgan fingerprint density at radius 2 is 1.94 bits per heavy atom. The number of rotatable bonds is 8. The van der Waals surface area contributed by atoms with E-state index < -0.39 is 24.2 Å². The van der Waals surface area contributed by atoms with Crippen molar-refractivity contribution in [2.75, 3.05) is 13.2 Å². The van der Waals surface area contributed by atoms with E-state index in [0.29, 0.717) is 17.7 Å². The molecule has 0 bridgehead atoms. The number of hydrogen-bond donors (Lipinski definition) is 3. The number of amides is 2. The van der Waals surface area contributed by atoms with Crippen LogP contribution in [0.25, 0.3) is 0 Å². The normalized spacial score (nSPS) is 26.6. The largest absolute Gasteiger partial charge is 0.486 e. The number of benzene rings is 1. The van der Waals surface area contributed by atoms with E-state index in [9.17, 15) is 19.8 Å². The van der Waals surface area contributed by atoms with E-state index in [1.807, 2.05) is 29.2 Å². The van der Waals surface area contributed by atoms with Gasteiger partial charge in [-0.05, 0) is 31.4 Å². The molecule has 1 aromatic carbocycles. The molecule has 33 heavy (non-hydrogen) atoms. The molecule has 7 heteroatoms. The summed E-state index contributed by atoms with van der Waals surface area (Å²) in [5, 5.41) is 23.5. The number of hydrogen-bond acceptors (Lipinski definition) is 5. The third-order valence-corrected chi connectivity index (χ3v) is 7.20. The van der Waals surface area contributed by atoms with Gasteiger partial charge in [0.2, 0.25) is 11.8 Å². The third-order valence-electron chi connectivity index (χ3n) is 7.20. The zero-order chi connectivity index (χ0) is 23.4. The Kier molecular flexibility index (Phi) is 7.71. The molecule has 0 aromatic heterocycles. The minimum Gasteiger partial charge on any atom is -0.486 e. The van der Waals surface area contributed by atoms with Gasteiger partial charge in [0.05, 0.1) is 18.6 Å². The van der Waals surface area contributed by atoms with Crippen molar-refractivity contribution in [3.63, 3.8) is 0 Å². The quantitative estimate of drug-likeness (QED) is 0.559. The van der Waals surface area contributed by atoms with Crippen LogP contribution in [0.2, 0.25) is 0 Å². The van der Waals surface area contributed by atoms with Crippen molar-refractivity contribution in [2.45, 2.75) is 88.5 Å². The van der Waals surface area contributed by atoms with E-state index in [2.05, 4.69) is 12.2 Å². The highest BCUT2D eigenvalue weighted by Gasteiger charge is 2.51. The molecular formula is C26H36N2O5. The predicted octanol–water partition coefficient (Wildman–Crippen LogP) is 2.66. The number of aliphatic hydroxyl groups is 2. The molecule has 2 aliphatic carbocycles. The zero-order valence-corrected chi connectivity index (χ0v) is 19.4. The highest BCUT2D eigenvalue weighted by atomic mass is 16.5. The number of para-hydroxylation sites is 1. The summed E-state index contributed by atoms with van der Waals surface area (Å²) >= 11 is 0. The summed E-state index contributed by atoms with van der Waals surface area (Å²) in [6.07, 6.45) is 7.48. The number of nitrogens with one attached hydrogen (secondary N) is 1. The van der Waals surface area contributed by atoms with Crippen LogP contribution in [0.4, 0.5) is 0 Å². The summed E-state index contributed by atoms with van der Waals surface area (Å²) in [6, 6.07) is 6.98. The van der Waals surface area contributed by atoms with Crippen molar-refractivity contribution < 1.29 is 24.5 Å². The molecule has 4 atom stereocenters. The number of carbonyl (C=O) groups is 2. The SMILES string of the molecule is CCCCC(=O)N(C1CCCCC1)C1C=C(C(=O)NCCO)C2c3ccccc3OC2C1O. The van der Waals surface area contributed by atoms with Crippen molar-refractivity contribution in [1.29, 1.82) is 0 Å². The first kappa shape index (κ1) is 23.8. The van der Waals surface area contributed by atoms with E-state index in [-0.39, 0.29) is 31.0 Å². The van der Waals surface area contributed by atoms with Crippen LogP contribution in [0.1, 0.15) is 69.8 Å². The molecule has 7 nitrogen and oxygen atoms in total. The molecule has 1 saturated carbocycles. The number of fused-ring (bicyclic) bond motifs is 3. The Balaban J connectivity index is 1.73. The molecule has 0 saturated heterocycles. The van der Waals surface area contributed by atoms with Crippen LogP contribution in [-0.4, -0.2) is 64.4 Å². The van der Waals surface area contributed by atoms with Gasteiger partial charge in [-0.2, -0.15) is 0 Å².